The normalized spacial score (nSPS) is 11.6. The standard InChI is InChI=1S/C19H24N2O3S/c1-13(2)16-7-5-6-8-17(16)21-19(22)12-20-25(23,24)18-11-14(3)9-10-15(18)4/h5-11,13,20H,12H2,1-4H3,(H,21,22). The first kappa shape index (κ1) is 19.1. The minimum Gasteiger partial charge on any atom is -0.325 e. The van der Waals surface area contributed by atoms with Crippen LogP contribution in [0.5, 0.6) is 0 Å². The maximum Gasteiger partial charge on any atom is 0.241 e. The molecule has 6 heteroatoms. The molecule has 2 aromatic rings. The second-order valence-electron chi connectivity index (χ2n) is 6.38. The summed E-state index contributed by atoms with van der Waals surface area (Å²) in [6, 6.07) is 12.7. The zero-order valence-corrected chi connectivity index (χ0v) is 15.8. The largest absolute Gasteiger partial charge is 0.325 e. The van der Waals surface area contributed by atoms with E-state index in [2.05, 4.69) is 10.0 Å². The molecule has 0 saturated heterocycles. The van der Waals surface area contributed by atoms with Gasteiger partial charge in [-0.2, -0.15) is 0 Å². The van der Waals surface area contributed by atoms with Gasteiger partial charge in [0, 0.05) is 5.69 Å². The highest BCUT2D eigenvalue weighted by Crippen LogP contribution is 2.23. The predicted molar refractivity (Wildman–Crippen MR) is 100 cm³/mol. The number of rotatable bonds is 6. The smallest absolute Gasteiger partial charge is 0.241 e. The molecule has 2 N–H and O–H groups in total. The number of nitrogens with one attached hydrogen (secondary N) is 2. The van der Waals surface area contributed by atoms with Crippen LogP contribution in [0.25, 0.3) is 0 Å². The van der Waals surface area contributed by atoms with Crippen LogP contribution in [0.2, 0.25) is 0 Å². The average Bonchev–Trinajstić information content (AvgIpc) is 2.55. The van der Waals surface area contributed by atoms with E-state index in [0.29, 0.717) is 11.3 Å². The molecule has 1 amide bonds. The molecular formula is C19H24N2O3S. The lowest BCUT2D eigenvalue weighted by molar-refractivity contribution is -0.115. The Morgan fingerprint density at radius 1 is 1.08 bits per heavy atom. The van der Waals surface area contributed by atoms with Crippen molar-refractivity contribution in [1.82, 2.24) is 4.72 Å². The predicted octanol–water partition coefficient (Wildman–Crippen LogP) is 3.34. The second kappa shape index (κ2) is 7.80. The van der Waals surface area contributed by atoms with Gasteiger partial charge in [-0.1, -0.05) is 44.2 Å². The Hall–Kier alpha value is -2.18. The first-order valence-corrected chi connectivity index (χ1v) is 9.64. The van der Waals surface area contributed by atoms with Crippen LogP contribution in [-0.2, 0) is 14.8 Å². The quantitative estimate of drug-likeness (QED) is 0.829. The fraction of sp³-hybridized carbons (Fsp3) is 0.316. The number of amides is 1. The highest BCUT2D eigenvalue weighted by atomic mass is 32.2. The van der Waals surface area contributed by atoms with Gasteiger partial charge in [0.2, 0.25) is 15.9 Å². The SMILES string of the molecule is Cc1ccc(C)c(S(=O)(=O)NCC(=O)Nc2ccccc2C(C)C)c1. The van der Waals surface area contributed by atoms with Crippen molar-refractivity contribution in [3.8, 4) is 0 Å². The van der Waals surface area contributed by atoms with Gasteiger partial charge in [-0.15, -0.1) is 0 Å². The summed E-state index contributed by atoms with van der Waals surface area (Å²) in [4.78, 5) is 12.4. The summed E-state index contributed by atoms with van der Waals surface area (Å²) in [5, 5.41) is 2.78. The van der Waals surface area contributed by atoms with Gasteiger partial charge in [-0.3, -0.25) is 4.79 Å². The van der Waals surface area contributed by atoms with Gasteiger partial charge in [0.15, 0.2) is 0 Å². The van der Waals surface area contributed by atoms with Crippen LogP contribution in [0, 0.1) is 13.8 Å². The summed E-state index contributed by atoms with van der Waals surface area (Å²) >= 11 is 0. The van der Waals surface area contributed by atoms with E-state index in [1.165, 1.54) is 0 Å². The Balaban J connectivity index is 2.08. The molecule has 0 aromatic heterocycles. The second-order valence-corrected chi connectivity index (χ2v) is 8.12. The van der Waals surface area contributed by atoms with E-state index in [1.807, 2.05) is 51.1 Å². The lowest BCUT2D eigenvalue weighted by Gasteiger charge is -2.14. The molecule has 0 bridgehead atoms. The number of sulfonamides is 1. The molecule has 0 atom stereocenters. The third-order valence-electron chi connectivity index (χ3n) is 3.91. The minimum atomic E-state index is -3.74. The lowest BCUT2D eigenvalue weighted by Crippen LogP contribution is -2.33. The Morgan fingerprint density at radius 3 is 2.44 bits per heavy atom. The van der Waals surface area contributed by atoms with E-state index >= 15 is 0 Å². The van der Waals surface area contributed by atoms with E-state index in [0.717, 1.165) is 11.1 Å². The number of para-hydroxylation sites is 1. The van der Waals surface area contributed by atoms with Crippen LogP contribution in [0.4, 0.5) is 5.69 Å². The number of hydrogen-bond acceptors (Lipinski definition) is 3. The van der Waals surface area contributed by atoms with Crippen molar-refractivity contribution in [1.29, 1.82) is 0 Å². The molecule has 0 unspecified atom stereocenters. The van der Waals surface area contributed by atoms with E-state index in [4.69, 9.17) is 0 Å². The van der Waals surface area contributed by atoms with Crippen LogP contribution in [0.15, 0.2) is 47.4 Å². The molecule has 0 spiro atoms. The summed E-state index contributed by atoms with van der Waals surface area (Å²) in [5.41, 5.74) is 3.20. The minimum absolute atomic E-state index is 0.197. The molecule has 2 rings (SSSR count). The molecule has 0 aliphatic rings. The fourth-order valence-corrected chi connectivity index (χ4v) is 3.85. The van der Waals surface area contributed by atoms with Gasteiger partial charge in [0.25, 0.3) is 0 Å². The van der Waals surface area contributed by atoms with Crippen LogP contribution < -0.4 is 10.0 Å². The van der Waals surface area contributed by atoms with Gasteiger partial charge in [-0.25, -0.2) is 13.1 Å². The van der Waals surface area contributed by atoms with Gasteiger partial charge in [0.05, 0.1) is 11.4 Å². The van der Waals surface area contributed by atoms with Crippen LogP contribution >= 0.6 is 0 Å². The first-order valence-electron chi connectivity index (χ1n) is 8.16. The van der Waals surface area contributed by atoms with Crippen molar-refractivity contribution in [3.05, 3.63) is 59.2 Å². The molecule has 0 aliphatic carbocycles. The van der Waals surface area contributed by atoms with Crippen LogP contribution in [0.3, 0.4) is 0 Å². The first-order chi connectivity index (χ1) is 11.7. The molecule has 5 nitrogen and oxygen atoms in total. The highest BCUT2D eigenvalue weighted by molar-refractivity contribution is 7.89. The summed E-state index contributed by atoms with van der Waals surface area (Å²) in [5.74, 6) is -0.148. The number of carbonyl (C=O) groups excluding carboxylic acids is 1. The number of aryl methyl sites for hydroxylation is 2. The Bertz CT molecular complexity index is 874. The number of benzene rings is 2. The van der Waals surface area contributed by atoms with E-state index in [-0.39, 0.29) is 17.4 Å². The molecule has 0 saturated carbocycles. The summed E-state index contributed by atoms with van der Waals surface area (Å²) in [7, 11) is -3.74. The topological polar surface area (TPSA) is 75.3 Å². The van der Waals surface area contributed by atoms with Crippen LogP contribution in [-0.4, -0.2) is 20.9 Å². The average molecular weight is 360 g/mol. The molecule has 0 heterocycles. The molecule has 25 heavy (non-hydrogen) atoms. The third-order valence-corrected chi connectivity index (χ3v) is 5.46. The molecule has 2 aromatic carbocycles. The Kier molecular flexibility index (Phi) is 5.98. The van der Waals surface area contributed by atoms with E-state index in [9.17, 15) is 13.2 Å². The van der Waals surface area contributed by atoms with E-state index in [1.54, 1.807) is 19.1 Å². The Morgan fingerprint density at radius 2 is 1.76 bits per heavy atom. The van der Waals surface area contributed by atoms with Crippen molar-refractivity contribution in [2.75, 3.05) is 11.9 Å². The van der Waals surface area contributed by atoms with Crippen molar-refractivity contribution in [2.45, 2.75) is 38.5 Å². The summed E-state index contributed by atoms with van der Waals surface area (Å²) in [6.07, 6.45) is 0. The molecule has 134 valence electrons. The van der Waals surface area contributed by atoms with Gasteiger partial charge in [0.1, 0.15) is 0 Å². The van der Waals surface area contributed by atoms with Crippen molar-refractivity contribution >= 4 is 21.6 Å². The maximum absolute atomic E-state index is 12.4. The Labute approximate surface area is 149 Å². The number of hydrogen-bond donors (Lipinski definition) is 2. The maximum atomic E-state index is 12.4. The van der Waals surface area contributed by atoms with Crippen molar-refractivity contribution in [3.63, 3.8) is 0 Å². The molecular weight excluding hydrogens is 336 g/mol. The van der Waals surface area contributed by atoms with Gasteiger partial charge < -0.3 is 5.32 Å². The fourth-order valence-electron chi connectivity index (χ4n) is 2.54. The summed E-state index contributed by atoms with van der Waals surface area (Å²) in [6.45, 7) is 7.31. The molecule has 0 fully saturated rings. The van der Waals surface area contributed by atoms with Gasteiger partial charge in [-0.05, 0) is 48.6 Å². The molecule has 0 radical (unpaired) electrons. The van der Waals surface area contributed by atoms with Crippen LogP contribution in [0.1, 0.15) is 36.5 Å². The lowest BCUT2D eigenvalue weighted by atomic mass is 10.0. The number of anilines is 1. The third kappa shape index (κ3) is 4.90. The van der Waals surface area contributed by atoms with Gasteiger partial charge >= 0.3 is 0 Å². The number of carbonyl (C=O) groups is 1. The molecule has 0 aliphatic heterocycles. The van der Waals surface area contributed by atoms with E-state index < -0.39 is 15.9 Å². The zero-order valence-electron chi connectivity index (χ0n) is 15.0. The highest BCUT2D eigenvalue weighted by Gasteiger charge is 2.18. The van der Waals surface area contributed by atoms with Crippen molar-refractivity contribution < 1.29 is 13.2 Å². The zero-order chi connectivity index (χ0) is 18.6. The summed E-state index contributed by atoms with van der Waals surface area (Å²) < 4.78 is 27.3. The monoisotopic (exact) mass is 360 g/mol. The van der Waals surface area contributed by atoms with Crippen molar-refractivity contribution in [2.24, 2.45) is 0 Å².